The third kappa shape index (κ3) is 2.13. The molecule has 0 unspecified atom stereocenters. The molecular formula is C12H12N2O4. The first-order valence-electron chi connectivity index (χ1n) is 5.41. The second-order valence-corrected chi connectivity index (χ2v) is 3.55. The van der Waals surface area contributed by atoms with Crippen LogP contribution in [0.15, 0.2) is 35.1 Å². The summed E-state index contributed by atoms with van der Waals surface area (Å²) in [4.78, 5) is 22.5. The SMILES string of the molecule is CCOc1ccccc1-n1[nH]c(C(=O)O)cc1=O. The number of ether oxygens (including phenoxy) is 1. The monoisotopic (exact) mass is 248 g/mol. The second kappa shape index (κ2) is 4.79. The fraction of sp³-hybridized carbons (Fsp3) is 0.167. The number of carboxylic acid groups (broad SMARTS) is 1. The van der Waals surface area contributed by atoms with Crippen LogP contribution in [-0.4, -0.2) is 27.5 Å². The van der Waals surface area contributed by atoms with E-state index in [0.29, 0.717) is 18.0 Å². The summed E-state index contributed by atoms with van der Waals surface area (Å²) in [6.07, 6.45) is 0. The Morgan fingerprint density at radius 1 is 1.44 bits per heavy atom. The molecule has 0 spiro atoms. The fourth-order valence-electron chi connectivity index (χ4n) is 1.60. The van der Waals surface area contributed by atoms with E-state index in [-0.39, 0.29) is 5.69 Å². The second-order valence-electron chi connectivity index (χ2n) is 3.55. The number of aromatic amines is 1. The molecule has 0 fully saturated rings. The summed E-state index contributed by atoms with van der Waals surface area (Å²) in [7, 11) is 0. The quantitative estimate of drug-likeness (QED) is 0.853. The number of para-hydroxylation sites is 2. The lowest BCUT2D eigenvalue weighted by molar-refractivity contribution is 0.0690. The van der Waals surface area contributed by atoms with Crippen molar-refractivity contribution in [2.45, 2.75) is 6.92 Å². The molecule has 0 aliphatic carbocycles. The minimum Gasteiger partial charge on any atom is -0.492 e. The van der Waals surface area contributed by atoms with E-state index in [2.05, 4.69) is 5.10 Å². The maximum atomic E-state index is 11.7. The van der Waals surface area contributed by atoms with Crippen LogP contribution < -0.4 is 10.3 Å². The van der Waals surface area contributed by atoms with E-state index in [0.717, 1.165) is 10.7 Å². The van der Waals surface area contributed by atoms with Crippen LogP contribution in [0.3, 0.4) is 0 Å². The van der Waals surface area contributed by atoms with Gasteiger partial charge >= 0.3 is 5.97 Å². The van der Waals surface area contributed by atoms with Gasteiger partial charge in [-0.3, -0.25) is 9.89 Å². The smallest absolute Gasteiger partial charge is 0.353 e. The number of carbonyl (C=O) groups is 1. The Labute approximate surface area is 102 Å². The zero-order valence-corrected chi connectivity index (χ0v) is 9.71. The first-order valence-corrected chi connectivity index (χ1v) is 5.41. The lowest BCUT2D eigenvalue weighted by Crippen LogP contribution is -2.14. The lowest BCUT2D eigenvalue weighted by Gasteiger charge is -2.09. The van der Waals surface area contributed by atoms with E-state index in [1.807, 2.05) is 6.92 Å². The third-order valence-corrected chi connectivity index (χ3v) is 2.36. The maximum Gasteiger partial charge on any atom is 0.353 e. The molecule has 0 saturated carbocycles. The summed E-state index contributed by atoms with van der Waals surface area (Å²) >= 11 is 0. The molecule has 0 aliphatic rings. The number of nitrogens with zero attached hydrogens (tertiary/aromatic N) is 1. The number of rotatable bonds is 4. The number of carboxylic acids is 1. The molecule has 0 aliphatic heterocycles. The van der Waals surface area contributed by atoms with Crippen LogP contribution in [0.5, 0.6) is 5.75 Å². The molecule has 6 heteroatoms. The molecule has 2 rings (SSSR count). The normalized spacial score (nSPS) is 10.3. The van der Waals surface area contributed by atoms with Crippen molar-refractivity contribution >= 4 is 5.97 Å². The van der Waals surface area contributed by atoms with Crippen LogP contribution in [-0.2, 0) is 0 Å². The predicted molar refractivity (Wildman–Crippen MR) is 64.5 cm³/mol. The summed E-state index contributed by atoms with van der Waals surface area (Å²) in [5.41, 5.74) is -0.122. The van der Waals surface area contributed by atoms with Crippen molar-refractivity contribution in [3.63, 3.8) is 0 Å². The lowest BCUT2D eigenvalue weighted by atomic mass is 10.3. The average molecular weight is 248 g/mol. The van der Waals surface area contributed by atoms with Gasteiger partial charge in [0.05, 0.1) is 6.61 Å². The Bertz CT molecular complexity index is 627. The summed E-state index contributed by atoms with van der Waals surface area (Å²) in [6.45, 7) is 2.29. The molecular weight excluding hydrogens is 236 g/mol. The van der Waals surface area contributed by atoms with Gasteiger partial charge in [-0.25, -0.2) is 9.48 Å². The number of aromatic nitrogens is 2. The van der Waals surface area contributed by atoms with Crippen LogP contribution in [0.25, 0.3) is 5.69 Å². The summed E-state index contributed by atoms with van der Waals surface area (Å²) in [5.74, 6) is -0.666. The van der Waals surface area contributed by atoms with Crippen LogP contribution in [0.1, 0.15) is 17.4 Å². The van der Waals surface area contributed by atoms with E-state index in [1.165, 1.54) is 0 Å². The third-order valence-electron chi connectivity index (χ3n) is 2.36. The molecule has 2 aromatic rings. The Morgan fingerprint density at radius 3 is 2.78 bits per heavy atom. The molecule has 0 amide bonds. The van der Waals surface area contributed by atoms with Crippen molar-refractivity contribution in [3.8, 4) is 11.4 Å². The van der Waals surface area contributed by atoms with Crippen molar-refractivity contribution in [1.29, 1.82) is 0 Å². The molecule has 1 aromatic carbocycles. The van der Waals surface area contributed by atoms with Crippen molar-refractivity contribution in [3.05, 3.63) is 46.4 Å². The van der Waals surface area contributed by atoms with Crippen molar-refractivity contribution in [2.75, 3.05) is 6.61 Å². The molecule has 0 atom stereocenters. The van der Waals surface area contributed by atoms with Gasteiger partial charge in [-0.05, 0) is 19.1 Å². The number of hydrogen-bond acceptors (Lipinski definition) is 3. The van der Waals surface area contributed by atoms with Gasteiger partial charge in [-0.15, -0.1) is 0 Å². The van der Waals surface area contributed by atoms with Crippen molar-refractivity contribution in [1.82, 2.24) is 9.78 Å². The van der Waals surface area contributed by atoms with Crippen molar-refractivity contribution < 1.29 is 14.6 Å². The molecule has 0 bridgehead atoms. The van der Waals surface area contributed by atoms with Crippen LogP contribution in [0.4, 0.5) is 0 Å². The molecule has 1 aromatic heterocycles. The van der Waals surface area contributed by atoms with Gasteiger partial charge in [0.2, 0.25) is 0 Å². The topological polar surface area (TPSA) is 84.3 Å². The highest BCUT2D eigenvalue weighted by Crippen LogP contribution is 2.20. The molecule has 6 nitrogen and oxygen atoms in total. The number of aromatic carboxylic acids is 1. The number of H-pyrrole nitrogens is 1. The van der Waals surface area contributed by atoms with E-state index < -0.39 is 11.5 Å². The summed E-state index contributed by atoms with van der Waals surface area (Å²) in [6, 6.07) is 7.94. The zero-order chi connectivity index (χ0) is 13.1. The van der Waals surface area contributed by atoms with Gasteiger partial charge in [0.1, 0.15) is 17.1 Å². The minimum absolute atomic E-state index is 0.161. The molecule has 1 heterocycles. The van der Waals surface area contributed by atoms with Gasteiger partial charge in [0.15, 0.2) is 0 Å². The fourth-order valence-corrected chi connectivity index (χ4v) is 1.60. The van der Waals surface area contributed by atoms with E-state index >= 15 is 0 Å². The van der Waals surface area contributed by atoms with Crippen molar-refractivity contribution in [2.24, 2.45) is 0 Å². The van der Waals surface area contributed by atoms with E-state index in [1.54, 1.807) is 24.3 Å². The summed E-state index contributed by atoms with van der Waals surface area (Å²) < 4.78 is 6.54. The van der Waals surface area contributed by atoms with Gasteiger partial charge in [-0.2, -0.15) is 0 Å². The van der Waals surface area contributed by atoms with Crippen LogP contribution >= 0.6 is 0 Å². The standard InChI is InChI=1S/C12H12N2O4/c1-2-18-10-6-4-3-5-9(10)14-11(15)7-8(13-14)12(16)17/h3-7,13H,2H2,1H3,(H,16,17). The average Bonchev–Trinajstić information content (AvgIpc) is 2.73. The maximum absolute atomic E-state index is 11.7. The number of nitrogens with one attached hydrogen (secondary N) is 1. The van der Waals surface area contributed by atoms with Crippen LogP contribution in [0.2, 0.25) is 0 Å². The van der Waals surface area contributed by atoms with Gasteiger partial charge in [0.25, 0.3) is 5.56 Å². The predicted octanol–water partition coefficient (Wildman–Crippen LogP) is 1.26. The highest BCUT2D eigenvalue weighted by Gasteiger charge is 2.13. The highest BCUT2D eigenvalue weighted by atomic mass is 16.5. The number of benzene rings is 1. The van der Waals surface area contributed by atoms with Gasteiger partial charge in [0, 0.05) is 6.07 Å². The van der Waals surface area contributed by atoms with E-state index in [4.69, 9.17) is 9.84 Å². The molecule has 0 saturated heterocycles. The minimum atomic E-state index is -1.18. The summed E-state index contributed by atoms with van der Waals surface area (Å²) in [5, 5.41) is 11.3. The molecule has 2 N–H and O–H groups in total. The first kappa shape index (κ1) is 12.0. The first-order chi connectivity index (χ1) is 8.63. The van der Waals surface area contributed by atoms with Gasteiger partial charge in [-0.1, -0.05) is 12.1 Å². The molecule has 0 radical (unpaired) electrons. The Balaban J connectivity index is 2.55. The van der Waals surface area contributed by atoms with Gasteiger partial charge < -0.3 is 9.84 Å². The molecule has 94 valence electrons. The highest BCUT2D eigenvalue weighted by molar-refractivity contribution is 5.85. The Kier molecular flexibility index (Phi) is 3.18. The molecule has 18 heavy (non-hydrogen) atoms. The number of hydrogen-bond donors (Lipinski definition) is 2. The van der Waals surface area contributed by atoms with Crippen LogP contribution in [0, 0.1) is 0 Å². The Hall–Kier alpha value is -2.50. The largest absolute Gasteiger partial charge is 0.492 e. The Morgan fingerprint density at radius 2 is 2.17 bits per heavy atom. The zero-order valence-electron chi connectivity index (χ0n) is 9.71. The van der Waals surface area contributed by atoms with E-state index in [9.17, 15) is 9.59 Å².